The SMILES string of the molecule is COC(=O)c1cc(-c2ccc(OC(F)(F)F)cc2)oc1C. The molecule has 0 amide bonds. The monoisotopic (exact) mass is 300 g/mol. The van der Waals surface area contributed by atoms with Crippen molar-refractivity contribution in [3.8, 4) is 17.1 Å². The third-order valence-electron chi connectivity index (χ3n) is 2.70. The van der Waals surface area contributed by atoms with Crippen molar-refractivity contribution in [3.05, 3.63) is 41.7 Å². The lowest BCUT2D eigenvalue weighted by molar-refractivity contribution is -0.274. The molecule has 0 aliphatic heterocycles. The van der Waals surface area contributed by atoms with E-state index in [1.54, 1.807) is 6.92 Å². The summed E-state index contributed by atoms with van der Waals surface area (Å²) in [5.41, 5.74) is 0.783. The van der Waals surface area contributed by atoms with Gasteiger partial charge in [0.25, 0.3) is 0 Å². The molecule has 0 N–H and O–H groups in total. The molecule has 0 saturated heterocycles. The fraction of sp³-hybridized carbons (Fsp3) is 0.214. The van der Waals surface area contributed by atoms with Gasteiger partial charge < -0.3 is 13.9 Å². The van der Waals surface area contributed by atoms with Crippen molar-refractivity contribution in [2.45, 2.75) is 13.3 Å². The van der Waals surface area contributed by atoms with Gasteiger partial charge in [-0.05, 0) is 37.3 Å². The molecule has 0 atom stereocenters. The van der Waals surface area contributed by atoms with Crippen LogP contribution in [0, 0.1) is 6.92 Å². The minimum absolute atomic E-state index is 0.267. The lowest BCUT2D eigenvalue weighted by Crippen LogP contribution is -2.16. The van der Waals surface area contributed by atoms with Crippen LogP contribution in [0.1, 0.15) is 16.1 Å². The minimum atomic E-state index is -4.74. The lowest BCUT2D eigenvalue weighted by atomic mass is 10.1. The van der Waals surface area contributed by atoms with E-state index in [1.807, 2.05) is 0 Å². The van der Waals surface area contributed by atoms with Gasteiger partial charge in [-0.2, -0.15) is 0 Å². The van der Waals surface area contributed by atoms with Crippen LogP contribution in [0.25, 0.3) is 11.3 Å². The highest BCUT2D eigenvalue weighted by Gasteiger charge is 2.31. The summed E-state index contributed by atoms with van der Waals surface area (Å²) in [7, 11) is 1.25. The van der Waals surface area contributed by atoms with Crippen LogP contribution in [-0.4, -0.2) is 19.4 Å². The molecule has 4 nitrogen and oxygen atoms in total. The number of ether oxygens (including phenoxy) is 2. The molecule has 1 heterocycles. The van der Waals surface area contributed by atoms with Crippen molar-refractivity contribution >= 4 is 5.97 Å². The Labute approximate surface area is 118 Å². The predicted molar refractivity (Wildman–Crippen MR) is 66.9 cm³/mol. The molecule has 1 aromatic carbocycles. The van der Waals surface area contributed by atoms with E-state index in [2.05, 4.69) is 9.47 Å². The van der Waals surface area contributed by atoms with Gasteiger partial charge in [0, 0.05) is 5.56 Å². The van der Waals surface area contributed by atoms with Crippen LogP contribution in [0.5, 0.6) is 5.75 Å². The summed E-state index contributed by atoms with van der Waals surface area (Å²) in [6, 6.07) is 6.61. The maximum atomic E-state index is 12.1. The molecule has 0 aliphatic carbocycles. The summed E-state index contributed by atoms with van der Waals surface area (Å²) in [5, 5.41) is 0. The van der Waals surface area contributed by atoms with Gasteiger partial charge in [-0.25, -0.2) is 4.79 Å². The predicted octanol–water partition coefficient (Wildman–Crippen LogP) is 3.94. The molecule has 2 aromatic rings. The zero-order valence-electron chi connectivity index (χ0n) is 11.2. The van der Waals surface area contributed by atoms with Crippen LogP contribution in [0.2, 0.25) is 0 Å². The van der Waals surface area contributed by atoms with Crippen molar-refractivity contribution < 1.29 is 31.9 Å². The molecule has 0 bridgehead atoms. The number of hydrogen-bond acceptors (Lipinski definition) is 4. The number of rotatable bonds is 3. The highest BCUT2D eigenvalue weighted by molar-refractivity contribution is 5.91. The van der Waals surface area contributed by atoms with Crippen molar-refractivity contribution in [2.24, 2.45) is 0 Å². The van der Waals surface area contributed by atoms with Crippen LogP contribution in [0.15, 0.2) is 34.7 Å². The van der Waals surface area contributed by atoms with Gasteiger partial charge in [-0.3, -0.25) is 0 Å². The van der Waals surface area contributed by atoms with Crippen molar-refractivity contribution in [2.75, 3.05) is 7.11 Å². The van der Waals surface area contributed by atoms with Gasteiger partial charge in [0.1, 0.15) is 22.8 Å². The number of benzene rings is 1. The Balaban J connectivity index is 2.25. The van der Waals surface area contributed by atoms with Crippen molar-refractivity contribution in [1.29, 1.82) is 0 Å². The van der Waals surface area contributed by atoms with E-state index in [0.717, 1.165) is 0 Å². The zero-order valence-corrected chi connectivity index (χ0v) is 11.2. The topological polar surface area (TPSA) is 48.7 Å². The van der Waals surface area contributed by atoms with E-state index in [0.29, 0.717) is 17.1 Å². The second kappa shape index (κ2) is 5.51. The highest BCUT2D eigenvalue weighted by Crippen LogP contribution is 2.29. The summed E-state index contributed by atoms with van der Waals surface area (Å²) < 4.78 is 49.9. The first kappa shape index (κ1) is 15.0. The van der Waals surface area contributed by atoms with Crippen LogP contribution in [0.3, 0.4) is 0 Å². The third-order valence-corrected chi connectivity index (χ3v) is 2.70. The number of hydrogen-bond donors (Lipinski definition) is 0. The van der Waals surface area contributed by atoms with Gasteiger partial charge in [0.05, 0.1) is 7.11 Å². The molecule has 2 rings (SSSR count). The first-order valence-electron chi connectivity index (χ1n) is 5.85. The third kappa shape index (κ3) is 3.56. The first-order valence-corrected chi connectivity index (χ1v) is 5.85. The Hall–Kier alpha value is -2.44. The molecule has 0 radical (unpaired) electrons. The van der Waals surface area contributed by atoms with Gasteiger partial charge >= 0.3 is 12.3 Å². The van der Waals surface area contributed by atoms with Gasteiger partial charge in [-0.15, -0.1) is 13.2 Å². The first-order chi connectivity index (χ1) is 9.80. The number of furan rings is 1. The Morgan fingerprint density at radius 1 is 1.19 bits per heavy atom. The Bertz CT molecular complexity index is 641. The standard InChI is InChI=1S/C14H11F3O4/c1-8-11(13(18)19-2)7-12(20-8)9-3-5-10(6-4-9)21-14(15,16)17/h3-7H,1-2H3. The normalized spacial score (nSPS) is 11.3. The number of esters is 1. The smallest absolute Gasteiger partial charge is 0.465 e. The van der Waals surface area contributed by atoms with Crippen LogP contribution >= 0.6 is 0 Å². The largest absolute Gasteiger partial charge is 0.573 e. The van der Waals surface area contributed by atoms with E-state index >= 15 is 0 Å². The summed E-state index contributed by atoms with van der Waals surface area (Å²) in [5.74, 6) is -0.152. The van der Waals surface area contributed by atoms with Crippen molar-refractivity contribution in [1.82, 2.24) is 0 Å². The number of carbonyl (C=O) groups excluding carboxylic acids is 1. The van der Waals surface area contributed by atoms with E-state index in [4.69, 9.17) is 4.42 Å². The number of halogens is 3. The molecule has 21 heavy (non-hydrogen) atoms. The number of aryl methyl sites for hydroxylation is 1. The molecule has 112 valence electrons. The molecule has 7 heteroatoms. The highest BCUT2D eigenvalue weighted by atomic mass is 19.4. The second-order valence-corrected chi connectivity index (χ2v) is 4.14. The Kier molecular flexibility index (Phi) is 3.93. The van der Waals surface area contributed by atoms with E-state index in [9.17, 15) is 18.0 Å². The van der Waals surface area contributed by atoms with Crippen LogP contribution < -0.4 is 4.74 Å². The average Bonchev–Trinajstić information content (AvgIpc) is 2.79. The summed E-state index contributed by atoms with van der Waals surface area (Å²) in [6.45, 7) is 1.59. The fourth-order valence-electron chi connectivity index (χ4n) is 1.76. The van der Waals surface area contributed by atoms with Crippen LogP contribution in [-0.2, 0) is 4.74 Å². The second-order valence-electron chi connectivity index (χ2n) is 4.14. The van der Waals surface area contributed by atoms with Crippen LogP contribution in [0.4, 0.5) is 13.2 Å². The van der Waals surface area contributed by atoms with Gasteiger partial charge in [0.2, 0.25) is 0 Å². The quantitative estimate of drug-likeness (QED) is 0.806. The zero-order chi connectivity index (χ0) is 15.6. The minimum Gasteiger partial charge on any atom is -0.465 e. The molecule has 0 unspecified atom stereocenters. The number of methoxy groups -OCH3 is 1. The molecule has 1 aromatic heterocycles. The molecular formula is C14H11F3O4. The Morgan fingerprint density at radius 2 is 1.81 bits per heavy atom. The number of carbonyl (C=O) groups is 1. The van der Waals surface area contributed by atoms with Gasteiger partial charge in [-0.1, -0.05) is 0 Å². The molecular weight excluding hydrogens is 289 g/mol. The number of alkyl halides is 3. The molecule has 0 spiro atoms. The maximum absolute atomic E-state index is 12.1. The summed E-state index contributed by atoms with van der Waals surface area (Å²) in [6.07, 6.45) is -4.74. The maximum Gasteiger partial charge on any atom is 0.573 e. The van der Waals surface area contributed by atoms with Gasteiger partial charge in [0.15, 0.2) is 0 Å². The molecule has 0 fully saturated rings. The van der Waals surface area contributed by atoms with E-state index in [-0.39, 0.29) is 11.3 Å². The summed E-state index contributed by atoms with van der Waals surface area (Å²) in [4.78, 5) is 11.5. The Morgan fingerprint density at radius 3 is 2.33 bits per heavy atom. The lowest BCUT2D eigenvalue weighted by Gasteiger charge is -2.08. The van der Waals surface area contributed by atoms with Crippen molar-refractivity contribution in [3.63, 3.8) is 0 Å². The van der Waals surface area contributed by atoms with E-state index < -0.39 is 12.3 Å². The summed E-state index contributed by atoms with van der Waals surface area (Å²) >= 11 is 0. The molecule has 0 aliphatic rings. The molecule has 0 saturated carbocycles. The van der Waals surface area contributed by atoms with E-state index in [1.165, 1.54) is 37.4 Å². The fourth-order valence-corrected chi connectivity index (χ4v) is 1.76. The average molecular weight is 300 g/mol.